The van der Waals surface area contributed by atoms with E-state index in [1.54, 1.807) is 14.0 Å². The van der Waals surface area contributed by atoms with Crippen molar-refractivity contribution in [2.24, 2.45) is 5.92 Å². The van der Waals surface area contributed by atoms with Crippen LogP contribution < -0.4 is 0 Å². The maximum Gasteiger partial charge on any atom is 0.309 e. The van der Waals surface area contributed by atoms with Crippen LogP contribution in [0.1, 0.15) is 53.4 Å². The highest BCUT2D eigenvalue weighted by Crippen LogP contribution is 2.32. The summed E-state index contributed by atoms with van der Waals surface area (Å²) in [5.41, 5.74) is -1.77. The van der Waals surface area contributed by atoms with Crippen LogP contribution in [0.3, 0.4) is 0 Å². The third kappa shape index (κ3) is 5.50. The monoisotopic (exact) mass is 246 g/mol. The first-order valence-electron chi connectivity index (χ1n) is 6.16. The maximum absolute atomic E-state index is 11.2. The fourth-order valence-electron chi connectivity index (χ4n) is 2.17. The van der Waals surface area contributed by atoms with Gasteiger partial charge in [-0.15, -0.1) is 0 Å². The predicted molar refractivity (Wildman–Crippen MR) is 67.0 cm³/mol. The van der Waals surface area contributed by atoms with Crippen molar-refractivity contribution in [2.75, 3.05) is 7.11 Å². The lowest BCUT2D eigenvalue weighted by Gasteiger charge is -2.36. The van der Waals surface area contributed by atoms with Crippen molar-refractivity contribution in [1.82, 2.24) is 0 Å². The highest BCUT2D eigenvalue weighted by Gasteiger charge is 2.41. The molecule has 2 unspecified atom stereocenters. The highest BCUT2D eigenvalue weighted by atomic mass is 16.5. The molecule has 0 radical (unpaired) electrons. The molecule has 2 N–H and O–H groups in total. The van der Waals surface area contributed by atoms with E-state index in [9.17, 15) is 15.0 Å². The number of aliphatic carboxylic acids is 1. The Kier molecular flexibility index (Phi) is 6.13. The zero-order valence-electron chi connectivity index (χ0n) is 11.6. The SMILES string of the molecule is CCCCC(C(=O)O)C(C)(O)CC(C)(C)OC. The fraction of sp³-hybridized carbons (Fsp3) is 0.923. The summed E-state index contributed by atoms with van der Waals surface area (Å²) in [7, 11) is 1.57. The molecule has 0 rings (SSSR count). The number of ether oxygens (including phenoxy) is 1. The van der Waals surface area contributed by atoms with E-state index in [1.807, 2.05) is 20.8 Å². The summed E-state index contributed by atoms with van der Waals surface area (Å²) in [6, 6.07) is 0. The Morgan fingerprint density at radius 3 is 2.24 bits per heavy atom. The van der Waals surface area contributed by atoms with Gasteiger partial charge in [-0.25, -0.2) is 0 Å². The minimum Gasteiger partial charge on any atom is -0.481 e. The largest absolute Gasteiger partial charge is 0.481 e. The molecule has 0 heterocycles. The number of aliphatic hydroxyl groups is 1. The van der Waals surface area contributed by atoms with E-state index in [2.05, 4.69) is 0 Å². The van der Waals surface area contributed by atoms with E-state index < -0.39 is 23.1 Å². The van der Waals surface area contributed by atoms with Gasteiger partial charge in [0.15, 0.2) is 0 Å². The average Bonchev–Trinajstić information content (AvgIpc) is 2.15. The molecular formula is C13H26O4. The van der Waals surface area contributed by atoms with Gasteiger partial charge in [-0.05, 0) is 27.2 Å². The molecule has 4 heteroatoms. The van der Waals surface area contributed by atoms with Gasteiger partial charge in [-0.3, -0.25) is 4.79 Å². The molecule has 17 heavy (non-hydrogen) atoms. The molecule has 0 aliphatic heterocycles. The van der Waals surface area contributed by atoms with Crippen LogP contribution >= 0.6 is 0 Å². The minimum absolute atomic E-state index is 0.303. The molecule has 2 atom stereocenters. The lowest BCUT2D eigenvalue weighted by atomic mass is 9.78. The van der Waals surface area contributed by atoms with Gasteiger partial charge < -0.3 is 14.9 Å². The second-order valence-electron chi connectivity index (χ2n) is 5.53. The number of carboxylic acid groups (broad SMARTS) is 1. The number of carboxylic acids is 1. The van der Waals surface area contributed by atoms with Gasteiger partial charge in [0.05, 0.1) is 17.1 Å². The summed E-state index contributed by atoms with van der Waals surface area (Å²) < 4.78 is 5.25. The van der Waals surface area contributed by atoms with Gasteiger partial charge in [-0.2, -0.15) is 0 Å². The Morgan fingerprint density at radius 1 is 1.35 bits per heavy atom. The summed E-state index contributed by atoms with van der Waals surface area (Å²) in [5, 5.41) is 19.6. The third-order valence-corrected chi connectivity index (χ3v) is 3.23. The van der Waals surface area contributed by atoms with Crippen molar-refractivity contribution in [1.29, 1.82) is 0 Å². The van der Waals surface area contributed by atoms with E-state index in [-0.39, 0.29) is 0 Å². The van der Waals surface area contributed by atoms with E-state index in [1.165, 1.54) is 0 Å². The average molecular weight is 246 g/mol. The van der Waals surface area contributed by atoms with Crippen LogP contribution in [-0.2, 0) is 9.53 Å². The number of unbranched alkanes of at least 4 members (excludes halogenated alkanes) is 1. The first kappa shape index (κ1) is 16.4. The molecule has 0 bridgehead atoms. The van der Waals surface area contributed by atoms with Gasteiger partial charge in [0.25, 0.3) is 0 Å². The molecule has 0 aromatic carbocycles. The minimum atomic E-state index is -1.25. The van der Waals surface area contributed by atoms with Crippen LogP contribution in [-0.4, -0.2) is 34.5 Å². The molecular weight excluding hydrogens is 220 g/mol. The van der Waals surface area contributed by atoms with Crippen LogP contribution in [0.15, 0.2) is 0 Å². The molecule has 0 aromatic heterocycles. The Labute approximate surface area is 104 Å². The Morgan fingerprint density at radius 2 is 1.88 bits per heavy atom. The van der Waals surface area contributed by atoms with E-state index in [4.69, 9.17) is 4.74 Å². The molecule has 0 saturated carbocycles. The number of carbonyl (C=O) groups is 1. The number of hydrogen-bond acceptors (Lipinski definition) is 3. The van der Waals surface area contributed by atoms with Gasteiger partial charge >= 0.3 is 5.97 Å². The van der Waals surface area contributed by atoms with Crippen LogP contribution in [0.25, 0.3) is 0 Å². The second kappa shape index (κ2) is 6.36. The second-order valence-corrected chi connectivity index (χ2v) is 5.53. The molecule has 0 aromatic rings. The third-order valence-electron chi connectivity index (χ3n) is 3.23. The van der Waals surface area contributed by atoms with E-state index in [0.717, 1.165) is 12.8 Å². The van der Waals surface area contributed by atoms with Crippen LogP contribution in [0, 0.1) is 5.92 Å². The zero-order chi connectivity index (χ0) is 13.7. The van der Waals surface area contributed by atoms with Gasteiger partial charge in [-0.1, -0.05) is 19.8 Å². The molecule has 102 valence electrons. The Hall–Kier alpha value is -0.610. The first-order valence-corrected chi connectivity index (χ1v) is 6.16. The van der Waals surface area contributed by atoms with Crippen LogP contribution in [0.4, 0.5) is 0 Å². The van der Waals surface area contributed by atoms with Gasteiger partial charge in [0.2, 0.25) is 0 Å². The van der Waals surface area contributed by atoms with Gasteiger partial charge in [0, 0.05) is 13.5 Å². The normalized spacial score (nSPS) is 17.5. The first-order chi connectivity index (χ1) is 7.66. The molecule has 0 amide bonds. The Bertz CT molecular complexity index is 246. The standard InChI is InChI=1S/C13H26O4/c1-6-7-8-10(11(14)15)13(4,16)9-12(2,3)17-5/h10,16H,6-9H2,1-5H3,(H,14,15). The van der Waals surface area contributed by atoms with Crippen molar-refractivity contribution in [3.05, 3.63) is 0 Å². The van der Waals surface area contributed by atoms with E-state index >= 15 is 0 Å². The Balaban J connectivity index is 4.76. The molecule has 0 aliphatic carbocycles. The topological polar surface area (TPSA) is 66.8 Å². The fourth-order valence-corrected chi connectivity index (χ4v) is 2.17. The quantitative estimate of drug-likeness (QED) is 0.690. The van der Waals surface area contributed by atoms with Crippen molar-refractivity contribution >= 4 is 5.97 Å². The van der Waals surface area contributed by atoms with E-state index in [0.29, 0.717) is 12.8 Å². The summed E-state index contributed by atoms with van der Waals surface area (Å²) in [5.74, 6) is -1.67. The number of rotatable bonds is 8. The predicted octanol–water partition coefficient (Wildman–Crippen LogP) is 2.44. The van der Waals surface area contributed by atoms with Crippen molar-refractivity contribution in [3.8, 4) is 0 Å². The van der Waals surface area contributed by atoms with Crippen molar-refractivity contribution in [2.45, 2.75) is 64.6 Å². The summed E-state index contributed by atoms with van der Waals surface area (Å²) >= 11 is 0. The smallest absolute Gasteiger partial charge is 0.309 e. The number of methoxy groups -OCH3 is 1. The molecule has 0 fully saturated rings. The van der Waals surface area contributed by atoms with Crippen molar-refractivity contribution in [3.63, 3.8) is 0 Å². The lowest BCUT2D eigenvalue weighted by molar-refractivity contribution is -0.156. The zero-order valence-corrected chi connectivity index (χ0v) is 11.6. The molecule has 0 spiro atoms. The lowest BCUT2D eigenvalue weighted by Crippen LogP contribution is -2.45. The highest BCUT2D eigenvalue weighted by molar-refractivity contribution is 5.71. The molecule has 0 aliphatic rings. The summed E-state index contributed by atoms with van der Waals surface area (Å²) in [6.45, 7) is 7.29. The van der Waals surface area contributed by atoms with Gasteiger partial charge in [0.1, 0.15) is 0 Å². The maximum atomic E-state index is 11.2. The van der Waals surface area contributed by atoms with Crippen molar-refractivity contribution < 1.29 is 19.7 Å². The molecule has 4 nitrogen and oxygen atoms in total. The molecule has 0 saturated heterocycles. The van der Waals surface area contributed by atoms with Crippen LogP contribution in [0.5, 0.6) is 0 Å². The summed E-state index contributed by atoms with van der Waals surface area (Å²) in [6.07, 6.45) is 2.53. The summed E-state index contributed by atoms with van der Waals surface area (Å²) in [4.78, 5) is 11.2. The van der Waals surface area contributed by atoms with Crippen LogP contribution in [0.2, 0.25) is 0 Å². The number of hydrogen-bond donors (Lipinski definition) is 2.